The Labute approximate surface area is 98.0 Å². The van der Waals surface area contributed by atoms with Crippen LogP contribution in [0.2, 0.25) is 0 Å². The van der Waals surface area contributed by atoms with Crippen molar-refractivity contribution in [1.29, 1.82) is 0 Å². The first-order chi connectivity index (χ1) is 7.71. The summed E-state index contributed by atoms with van der Waals surface area (Å²) >= 11 is 0. The van der Waals surface area contributed by atoms with Gasteiger partial charge in [-0.15, -0.1) is 0 Å². The van der Waals surface area contributed by atoms with E-state index < -0.39 is 5.54 Å². The molecule has 96 valence electrons. The average molecular weight is 231 g/mol. The molecule has 0 bridgehead atoms. The van der Waals surface area contributed by atoms with Gasteiger partial charge in [0.2, 0.25) is 0 Å². The van der Waals surface area contributed by atoms with E-state index in [1.807, 2.05) is 6.92 Å². The first-order valence-corrected chi connectivity index (χ1v) is 6.23. The quantitative estimate of drug-likeness (QED) is 0.628. The molecule has 2 atom stereocenters. The Morgan fingerprint density at radius 1 is 1.25 bits per heavy atom. The van der Waals surface area contributed by atoms with Crippen LogP contribution >= 0.6 is 0 Å². The van der Waals surface area contributed by atoms with Crippen molar-refractivity contribution in [3.63, 3.8) is 0 Å². The molecule has 0 radical (unpaired) electrons. The predicted molar refractivity (Wildman–Crippen MR) is 63.4 cm³/mol. The lowest BCUT2D eigenvalue weighted by Gasteiger charge is -2.39. The number of aliphatic hydroxyl groups is 2. The van der Waals surface area contributed by atoms with Gasteiger partial charge in [0.1, 0.15) is 0 Å². The standard InChI is InChI=1S/C12H25NO3/c1-3-12(8-14,9-15)13-10-6-4-5-7-11(10)16-2/h10-11,13-15H,3-9H2,1-2H3. The second kappa shape index (κ2) is 6.55. The second-order valence-corrected chi connectivity index (χ2v) is 4.76. The minimum absolute atomic E-state index is 0.0348. The van der Waals surface area contributed by atoms with E-state index in [1.54, 1.807) is 7.11 Å². The fourth-order valence-electron chi connectivity index (χ4n) is 2.40. The van der Waals surface area contributed by atoms with Gasteiger partial charge in [0, 0.05) is 13.2 Å². The van der Waals surface area contributed by atoms with E-state index >= 15 is 0 Å². The molecule has 16 heavy (non-hydrogen) atoms. The van der Waals surface area contributed by atoms with Crippen LogP contribution in [0.4, 0.5) is 0 Å². The predicted octanol–water partition coefficient (Wildman–Crippen LogP) is 0.667. The molecule has 1 fully saturated rings. The molecule has 4 nitrogen and oxygen atoms in total. The Morgan fingerprint density at radius 3 is 2.38 bits per heavy atom. The van der Waals surface area contributed by atoms with Gasteiger partial charge in [-0.3, -0.25) is 0 Å². The van der Waals surface area contributed by atoms with Crippen LogP contribution in [0.1, 0.15) is 39.0 Å². The molecule has 0 saturated heterocycles. The molecule has 0 heterocycles. The monoisotopic (exact) mass is 231 g/mol. The van der Waals surface area contributed by atoms with E-state index in [4.69, 9.17) is 4.74 Å². The van der Waals surface area contributed by atoms with Gasteiger partial charge in [-0.2, -0.15) is 0 Å². The zero-order valence-electron chi connectivity index (χ0n) is 10.4. The van der Waals surface area contributed by atoms with Gasteiger partial charge in [0.15, 0.2) is 0 Å². The third kappa shape index (κ3) is 3.17. The summed E-state index contributed by atoms with van der Waals surface area (Å²) in [5.41, 5.74) is -0.557. The Kier molecular flexibility index (Phi) is 5.69. The third-order valence-electron chi connectivity index (χ3n) is 3.78. The number of rotatable bonds is 6. The molecule has 0 aromatic heterocycles. The zero-order valence-corrected chi connectivity index (χ0v) is 10.4. The lowest BCUT2D eigenvalue weighted by Crippen LogP contribution is -2.59. The van der Waals surface area contributed by atoms with Gasteiger partial charge in [-0.05, 0) is 19.3 Å². The summed E-state index contributed by atoms with van der Waals surface area (Å²) < 4.78 is 5.46. The minimum Gasteiger partial charge on any atom is -0.394 e. The van der Waals surface area contributed by atoms with E-state index in [0.717, 1.165) is 12.8 Å². The van der Waals surface area contributed by atoms with Crippen LogP contribution in [0.25, 0.3) is 0 Å². The van der Waals surface area contributed by atoms with Crippen molar-refractivity contribution in [1.82, 2.24) is 5.32 Å². The normalized spacial score (nSPS) is 27.0. The summed E-state index contributed by atoms with van der Waals surface area (Å²) in [7, 11) is 1.73. The summed E-state index contributed by atoms with van der Waals surface area (Å²) in [6.45, 7) is 1.91. The summed E-state index contributed by atoms with van der Waals surface area (Å²) in [6.07, 6.45) is 5.43. The third-order valence-corrected chi connectivity index (χ3v) is 3.78. The lowest BCUT2D eigenvalue weighted by atomic mass is 9.88. The Balaban J connectivity index is 2.61. The molecule has 3 N–H and O–H groups in total. The molecular weight excluding hydrogens is 206 g/mol. The number of aliphatic hydroxyl groups excluding tert-OH is 2. The molecule has 1 aliphatic carbocycles. The van der Waals surface area contributed by atoms with E-state index in [0.29, 0.717) is 6.42 Å². The van der Waals surface area contributed by atoms with Crippen LogP contribution in [0, 0.1) is 0 Å². The molecule has 0 amide bonds. The van der Waals surface area contributed by atoms with Crippen LogP contribution in [0.5, 0.6) is 0 Å². The van der Waals surface area contributed by atoms with Crippen LogP contribution < -0.4 is 5.32 Å². The Morgan fingerprint density at radius 2 is 1.88 bits per heavy atom. The minimum atomic E-state index is -0.557. The van der Waals surface area contributed by atoms with Crippen molar-refractivity contribution in [3.8, 4) is 0 Å². The van der Waals surface area contributed by atoms with Gasteiger partial charge in [-0.25, -0.2) is 0 Å². The molecule has 0 aromatic carbocycles. The number of hydrogen-bond donors (Lipinski definition) is 3. The molecule has 4 heteroatoms. The Bertz CT molecular complexity index is 186. The highest BCUT2D eigenvalue weighted by atomic mass is 16.5. The zero-order chi connectivity index (χ0) is 12.0. The van der Waals surface area contributed by atoms with Crippen LogP contribution in [0.15, 0.2) is 0 Å². The summed E-state index contributed by atoms with van der Waals surface area (Å²) in [5.74, 6) is 0. The maximum absolute atomic E-state index is 9.40. The molecule has 0 aliphatic heterocycles. The Hall–Kier alpha value is -0.160. The summed E-state index contributed by atoms with van der Waals surface area (Å²) in [4.78, 5) is 0. The van der Waals surface area contributed by atoms with Gasteiger partial charge >= 0.3 is 0 Å². The van der Waals surface area contributed by atoms with E-state index in [-0.39, 0.29) is 25.4 Å². The highest BCUT2D eigenvalue weighted by molar-refractivity contribution is 4.93. The summed E-state index contributed by atoms with van der Waals surface area (Å²) in [6, 6.07) is 0.248. The van der Waals surface area contributed by atoms with Gasteiger partial charge in [-0.1, -0.05) is 19.8 Å². The maximum Gasteiger partial charge on any atom is 0.0724 e. The van der Waals surface area contributed by atoms with Crippen molar-refractivity contribution in [2.24, 2.45) is 0 Å². The first kappa shape index (κ1) is 13.9. The van der Waals surface area contributed by atoms with Gasteiger partial charge < -0.3 is 20.3 Å². The highest BCUT2D eigenvalue weighted by Crippen LogP contribution is 2.23. The topological polar surface area (TPSA) is 61.7 Å². The average Bonchev–Trinajstić information content (AvgIpc) is 2.36. The van der Waals surface area contributed by atoms with E-state index in [9.17, 15) is 10.2 Å². The maximum atomic E-state index is 9.40. The molecule has 1 rings (SSSR count). The van der Waals surface area contributed by atoms with Crippen molar-refractivity contribution in [2.75, 3.05) is 20.3 Å². The summed E-state index contributed by atoms with van der Waals surface area (Å²) in [5, 5.41) is 22.2. The number of ether oxygens (including phenoxy) is 1. The number of nitrogens with one attached hydrogen (secondary N) is 1. The van der Waals surface area contributed by atoms with Gasteiger partial charge in [0.05, 0.1) is 24.9 Å². The molecule has 0 spiro atoms. The largest absolute Gasteiger partial charge is 0.394 e. The number of hydrogen-bond acceptors (Lipinski definition) is 4. The van der Waals surface area contributed by atoms with Crippen molar-refractivity contribution in [3.05, 3.63) is 0 Å². The van der Waals surface area contributed by atoms with Crippen molar-refractivity contribution >= 4 is 0 Å². The van der Waals surface area contributed by atoms with Crippen LogP contribution in [-0.2, 0) is 4.74 Å². The lowest BCUT2D eigenvalue weighted by molar-refractivity contribution is 0.00609. The number of methoxy groups -OCH3 is 1. The van der Waals surface area contributed by atoms with E-state index in [1.165, 1.54) is 12.8 Å². The fourth-order valence-corrected chi connectivity index (χ4v) is 2.40. The first-order valence-electron chi connectivity index (χ1n) is 6.23. The van der Waals surface area contributed by atoms with Crippen molar-refractivity contribution in [2.45, 2.75) is 56.7 Å². The van der Waals surface area contributed by atoms with E-state index in [2.05, 4.69) is 5.32 Å². The fraction of sp³-hybridized carbons (Fsp3) is 1.00. The smallest absolute Gasteiger partial charge is 0.0724 e. The SMILES string of the molecule is CCC(CO)(CO)NC1CCCCC1OC. The molecule has 2 unspecified atom stereocenters. The molecule has 0 aromatic rings. The molecule has 1 saturated carbocycles. The molecular formula is C12H25NO3. The van der Waals surface area contributed by atoms with Crippen LogP contribution in [0.3, 0.4) is 0 Å². The van der Waals surface area contributed by atoms with Gasteiger partial charge in [0.25, 0.3) is 0 Å². The van der Waals surface area contributed by atoms with Crippen molar-refractivity contribution < 1.29 is 14.9 Å². The second-order valence-electron chi connectivity index (χ2n) is 4.76. The molecule has 1 aliphatic rings. The van der Waals surface area contributed by atoms with Crippen LogP contribution in [-0.4, -0.2) is 48.2 Å². The highest BCUT2D eigenvalue weighted by Gasteiger charge is 2.34.